The lowest BCUT2D eigenvalue weighted by atomic mass is 9.99. The van der Waals surface area contributed by atoms with Gasteiger partial charge in [0.2, 0.25) is 0 Å². The fraction of sp³-hybridized carbons (Fsp3) is 0.438. The summed E-state index contributed by atoms with van der Waals surface area (Å²) >= 11 is 0. The van der Waals surface area contributed by atoms with Crippen LogP contribution in [0.5, 0.6) is 0 Å². The van der Waals surface area contributed by atoms with Crippen LogP contribution in [-0.4, -0.2) is 45.0 Å². The van der Waals surface area contributed by atoms with E-state index in [1.165, 1.54) is 6.07 Å². The summed E-state index contributed by atoms with van der Waals surface area (Å²) in [5.41, 5.74) is 1.83. The van der Waals surface area contributed by atoms with Crippen molar-refractivity contribution in [2.45, 2.75) is 32.1 Å². The Bertz CT molecular complexity index is 760. The van der Waals surface area contributed by atoms with Gasteiger partial charge in [0.15, 0.2) is 0 Å². The lowest BCUT2D eigenvalue weighted by Gasteiger charge is -2.41. The van der Waals surface area contributed by atoms with E-state index in [9.17, 15) is 9.18 Å². The Kier molecular flexibility index (Phi) is 3.37. The molecule has 0 N–H and O–H groups in total. The number of likely N-dealkylation sites (tertiary alicyclic amines) is 1. The van der Waals surface area contributed by atoms with E-state index in [1.54, 1.807) is 30.2 Å². The molecule has 1 aromatic carbocycles. The van der Waals surface area contributed by atoms with Crippen LogP contribution in [0.15, 0.2) is 24.4 Å². The minimum atomic E-state index is -0.356. The maximum absolute atomic E-state index is 13.7. The number of ether oxygens (including phenoxy) is 1. The Balaban J connectivity index is 1.57. The number of rotatable bonds is 1. The van der Waals surface area contributed by atoms with Gasteiger partial charge in [-0.1, -0.05) is 11.3 Å². The number of halogens is 1. The molecule has 0 spiro atoms. The molecule has 1 fully saturated rings. The molecule has 0 unspecified atom stereocenters. The van der Waals surface area contributed by atoms with Gasteiger partial charge in [-0.15, -0.1) is 5.10 Å². The summed E-state index contributed by atoms with van der Waals surface area (Å²) in [6.45, 7) is 3.28. The maximum atomic E-state index is 13.7. The number of hydrogen-bond donors (Lipinski definition) is 0. The van der Waals surface area contributed by atoms with Crippen LogP contribution >= 0.6 is 0 Å². The van der Waals surface area contributed by atoms with Gasteiger partial charge in [0.25, 0.3) is 5.91 Å². The van der Waals surface area contributed by atoms with Crippen LogP contribution in [0.1, 0.15) is 34.1 Å². The molecule has 1 amide bonds. The molecule has 23 heavy (non-hydrogen) atoms. The van der Waals surface area contributed by atoms with Crippen molar-refractivity contribution in [2.75, 3.05) is 13.1 Å². The Morgan fingerprint density at radius 1 is 1.43 bits per heavy atom. The number of nitrogens with zero attached hydrogens (tertiary/aromatic N) is 4. The SMILES string of the molecule is Cc1ccc(C(=O)N2CC[C@H]3OCc4cnnn4[C@H]3C2)cc1F. The zero-order valence-electron chi connectivity index (χ0n) is 12.8. The Morgan fingerprint density at radius 2 is 2.30 bits per heavy atom. The zero-order valence-corrected chi connectivity index (χ0v) is 12.8. The highest BCUT2D eigenvalue weighted by molar-refractivity contribution is 5.94. The highest BCUT2D eigenvalue weighted by Gasteiger charge is 2.38. The minimum Gasteiger partial charge on any atom is -0.370 e. The molecule has 7 heteroatoms. The molecule has 0 bridgehead atoms. The molecule has 0 aliphatic carbocycles. The monoisotopic (exact) mass is 316 g/mol. The largest absolute Gasteiger partial charge is 0.370 e. The number of hydrogen-bond acceptors (Lipinski definition) is 4. The first-order chi connectivity index (χ1) is 11.1. The number of aryl methyl sites for hydroxylation is 1. The van der Waals surface area contributed by atoms with Crippen molar-refractivity contribution in [3.8, 4) is 0 Å². The second-order valence-corrected chi connectivity index (χ2v) is 6.09. The Hall–Kier alpha value is -2.28. The van der Waals surface area contributed by atoms with Crippen molar-refractivity contribution in [3.63, 3.8) is 0 Å². The highest BCUT2D eigenvalue weighted by atomic mass is 19.1. The number of fused-ring (bicyclic) bond motifs is 3. The zero-order chi connectivity index (χ0) is 16.0. The van der Waals surface area contributed by atoms with Crippen molar-refractivity contribution in [2.24, 2.45) is 0 Å². The number of piperidine rings is 1. The van der Waals surface area contributed by atoms with Gasteiger partial charge in [0, 0.05) is 18.7 Å². The van der Waals surface area contributed by atoms with Gasteiger partial charge in [-0.2, -0.15) is 0 Å². The van der Waals surface area contributed by atoms with Gasteiger partial charge in [-0.3, -0.25) is 4.79 Å². The van der Waals surface area contributed by atoms with Gasteiger partial charge in [-0.05, 0) is 31.0 Å². The molecule has 3 heterocycles. The highest BCUT2D eigenvalue weighted by Crippen LogP contribution is 2.30. The third kappa shape index (κ3) is 2.41. The summed E-state index contributed by atoms with van der Waals surface area (Å²) in [6, 6.07) is 4.58. The van der Waals surface area contributed by atoms with E-state index in [4.69, 9.17) is 4.74 Å². The molecule has 0 saturated carbocycles. The lowest BCUT2D eigenvalue weighted by Crippen LogP contribution is -2.49. The van der Waals surface area contributed by atoms with Crippen LogP contribution in [0.4, 0.5) is 4.39 Å². The predicted molar refractivity (Wildman–Crippen MR) is 79.3 cm³/mol. The smallest absolute Gasteiger partial charge is 0.254 e. The summed E-state index contributed by atoms with van der Waals surface area (Å²) in [5.74, 6) is -0.514. The normalized spacial score (nSPS) is 23.3. The van der Waals surface area contributed by atoms with Gasteiger partial charge in [0.05, 0.1) is 30.6 Å². The summed E-state index contributed by atoms with van der Waals surface area (Å²) in [7, 11) is 0. The molecule has 120 valence electrons. The van der Waals surface area contributed by atoms with Crippen LogP contribution in [-0.2, 0) is 11.3 Å². The fourth-order valence-corrected chi connectivity index (χ4v) is 3.27. The van der Waals surface area contributed by atoms with Crippen LogP contribution in [0.25, 0.3) is 0 Å². The van der Waals surface area contributed by atoms with E-state index in [0.29, 0.717) is 30.8 Å². The summed E-state index contributed by atoms with van der Waals surface area (Å²) in [5, 5.41) is 8.05. The van der Waals surface area contributed by atoms with Crippen molar-refractivity contribution in [3.05, 3.63) is 47.0 Å². The van der Waals surface area contributed by atoms with Crippen molar-refractivity contribution < 1.29 is 13.9 Å². The molecule has 1 aromatic heterocycles. The predicted octanol–water partition coefficient (Wildman–Crippen LogP) is 1.71. The van der Waals surface area contributed by atoms with E-state index in [2.05, 4.69) is 10.3 Å². The quantitative estimate of drug-likeness (QED) is 0.803. The van der Waals surface area contributed by atoms with Gasteiger partial charge in [0.1, 0.15) is 5.82 Å². The van der Waals surface area contributed by atoms with Crippen molar-refractivity contribution >= 4 is 5.91 Å². The third-order valence-corrected chi connectivity index (χ3v) is 4.63. The molecule has 0 radical (unpaired) electrons. The second-order valence-electron chi connectivity index (χ2n) is 6.09. The van der Waals surface area contributed by atoms with E-state index in [1.807, 2.05) is 4.68 Å². The van der Waals surface area contributed by atoms with Gasteiger partial charge in [-0.25, -0.2) is 9.07 Å². The average molecular weight is 316 g/mol. The minimum absolute atomic E-state index is 0.0331. The van der Waals surface area contributed by atoms with Crippen molar-refractivity contribution in [1.82, 2.24) is 19.9 Å². The van der Waals surface area contributed by atoms with Crippen LogP contribution < -0.4 is 0 Å². The summed E-state index contributed by atoms with van der Waals surface area (Å²) in [4.78, 5) is 14.4. The van der Waals surface area contributed by atoms with Crippen molar-refractivity contribution in [1.29, 1.82) is 0 Å². The number of benzene rings is 1. The van der Waals surface area contributed by atoms with Gasteiger partial charge < -0.3 is 9.64 Å². The number of aromatic nitrogens is 3. The van der Waals surface area contributed by atoms with Crippen LogP contribution in [0.3, 0.4) is 0 Å². The fourth-order valence-electron chi connectivity index (χ4n) is 3.27. The molecule has 4 rings (SSSR count). The summed E-state index contributed by atoms with van der Waals surface area (Å²) < 4.78 is 21.4. The number of carbonyl (C=O) groups excluding carboxylic acids is 1. The van der Waals surface area contributed by atoms with E-state index < -0.39 is 0 Å². The molecular weight excluding hydrogens is 299 g/mol. The first kappa shape index (κ1) is 14.3. The van der Waals surface area contributed by atoms with Crippen LogP contribution in [0.2, 0.25) is 0 Å². The molecule has 2 atom stereocenters. The standard InChI is InChI=1S/C16H17FN4O2/c1-10-2-3-11(6-13(10)17)16(22)20-5-4-15-14(8-20)21-12(9-23-15)7-18-19-21/h2-3,6-7,14-15H,4-5,8-9H2,1H3/t14-,15+/m0/s1. The Morgan fingerprint density at radius 3 is 3.13 bits per heavy atom. The van der Waals surface area contributed by atoms with Gasteiger partial charge >= 0.3 is 0 Å². The second kappa shape index (κ2) is 5.42. The first-order valence-electron chi connectivity index (χ1n) is 7.69. The summed E-state index contributed by atoms with van der Waals surface area (Å²) in [6.07, 6.45) is 2.47. The third-order valence-electron chi connectivity index (χ3n) is 4.63. The molecular formula is C16H17FN4O2. The van der Waals surface area contributed by atoms with Crippen LogP contribution in [0, 0.1) is 12.7 Å². The molecule has 2 aromatic rings. The molecule has 2 aliphatic rings. The number of carbonyl (C=O) groups is 1. The molecule has 1 saturated heterocycles. The lowest BCUT2D eigenvalue weighted by molar-refractivity contribution is -0.0605. The maximum Gasteiger partial charge on any atom is 0.254 e. The van der Waals surface area contributed by atoms with E-state index in [-0.39, 0.29) is 23.9 Å². The molecule has 6 nitrogen and oxygen atoms in total. The molecule has 2 aliphatic heterocycles. The van der Waals surface area contributed by atoms with E-state index in [0.717, 1.165) is 12.1 Å². The topological polar surface area (TPSA) is 60.3 Å². The average Bonchev–Trinajstić information content (AvgIpc) is 3.05. The first-order valence-corrected chi connectivity index (χ1v) is 7.69. The number of amides is 1. The Labute approximate surface area is 132 Å². The van der Waals surface area contributed by atoms with E-state index >= 15 is 0 Å².